The van der Waals surface area contributed by atoms with E-state index in [2.05, 4.69) is 36.7 Å². The first-order chi connectivity index (χ1) is 7.36. The molecule has 1 aliphatic rings. The van der Waals surface area contributed by atoms with E-state index in [0.717, 1.165) is 23.3 Å². The third-order valence-electron chi connectivity index (χ3n) is 2.99. The van der Waals surface area contributed by atoms with Gasteiger partial charge >= 0.3 is 0 Å². The third kappa shape index (κ3) is 1.48. The summed E-state index contributed by atoms with van der Waals surface area (Å²) in [6.45, 7) is 2.18. The number of halogens is 1. The minimum atomic E-state index is 0.596. The van der Waals surface area contributed by atoms with Crippen molar-refractivity contribution in [2.75, 3.05) is 13.1 Å². The fraction of sp³-hybridized carbons (Fsp3) is 0.364. The Hall–Kier alpha value is -0.870. The molecule has 3 nitrogen and oxygen atoms in total. The van der Waals surface area contributed by atoms with Gasteiger partial charge in [-0.15, -0.1) is 0 Å². The SMILES string of the molecule is Brc1cccc2ncc(C3CCNC3)n12. The Bertz CT molecular complexity index is 486. The topological polar surface area (TPSA) is 29.3 Å². The summed E-state index contributed by atoms with van der Waals surface area (Å²) in [5, 5.41) is 3.39. The second-order valence-corrected chi connectivity index (χ2v) is 4.73. The number of nitrogens with zero attached hydrogens (tertiary/aromatic N) is 2. The highest BCUT2D eigenvalue weighted by Crippen LogP contribution is 2.25. The highest BCUT2D eigenvalue weighted by molar-refractivity contribution is 9.10. The van der Waals surface area contributed by atoms with Gasteiger partial charge < -0.3 is 5.32 Å². The maximum absolute atomic E-state index is 4.43. The predicted octanol–water partition coefficient (Wildman–Crippen LogP) is 2.17. The number of pyridine rings is 1. The zero-order valence-corrected chi connectivity index (χ0v) is 9.87. The molecule has 0 saturated carbocycles. The molecule has 3 rings (SSSR count). The van der Waals surface area contributed by atoms with Crippen LogP contribution in [0.25, 0.3) is 5.65 Å². The van der Waals surface area contributed by atoms with Crippen LogP contribution in [-0.4, -0.2) is 22.5 Å². The maximum atomic E-state index is 4.43. The highest BCUT2D eigenvalue weighted by Gasteiger charge is 2.20. The monoisotopic (exact) mass is 265 g/mol. The summed E-state index contributed by atoms with van der Waals surface area (Å²) in [5.74, 6) is 0.596. The molecule has 0 amide bonds. The molecule has 4 heteroatoms. The molecule has 0 radical (unpaired) electrons. The molecule has 1 fully saturated rings. The van der Waals surface area contributed by atoms with Gasteiger partial charge in [-0.1, -0.05) is 6.07 Å². The van der Waals surface area contributed by atoms with Crippen LogP contribution in [0, 0.1) is 0 Å². The van der Waals surface area contributed by atoms with Gasteiger partial charge in [0.2, 0.25) is 0 Å². The lowest BCUT2D eigenvalue weighted by Crippen LogP contribution is -2.09. The molecule has 1 saturated heterocycles. The normalized spacial score (nSPS) is 21.3. The van der Waals surface area contributed by atoms with Gasteiger partial charge in [0.05, 0.1) is 4.60 Å². The van der Waals surface area contributed by atoms with E-state index in [1.54, 1.807) is 0 Å². The van der Waals surface area contributed by atoms with Gasteiger partial charge in [0.1, 0.15) is 5.65 Å². The molecule has 2 aromatic rings. The summed E-state index contributed by atoms with van der Waals surface area (Å²) >= 11 is 3.58. The van der Waals surface area contributed by atoms with Crippen LogP contribution in [0.1, 0.15) is 18.0 Å². The van der Waals surface area contributed by atoms with Crippen molar-refractivity contribution >= 4 is 21.6 Å². The zero-order chi connectivity index (χ0) is 10.3. The van der Waals surface area contributed by atoms with Crippen molar-refractivity contribution in [2.24, 2.45) is 0 Å². The van der Waals surface area contributed by atoms with Crippen molar-refractivity contribution in [3.05, 3.63) is 34.7 Å². The minimum Gasteiger partial charge on any atom is -0.316 e. The Morgan fingerprint density at radius 1 is 1.47 bits per heavy atom. The molecular weight excluding hydrogens is 254 g/mol. The summed E-state index contributed by atoms with van der Waals surface area (Å²) in [4.78, 5) is 4.43. The van der Waals surface area contributed by atoms with E-state index in [0.29, 0.717) is 5.92 Å². The number of aromatic nitrogens is 2. The second kappa shape index (κ2) is 3.61. The molecule has 1 atom stereocenters. The number of hydrogen-bond donors (Lipinski definition) is 1. The van der Waals surface area contributed by atoms with Crippen molar-refractivity contribution in [3.63, 3.8) is 0 Å². The first kappa shape index (κ1) is 9.36. The van der Waals surface area contributed by atoms with Gasteiger partial charge in [-0.2, -0.15) is 0 Å². The molecule has 78 valence electrons. The first-order valence-electron chi connectivity index (χ1n) is 5.19. The van der Waals surface area contributed by atoms with Crippen LogP contribution in [0.15, 0.2) is 29.0 Å². The van der Waals surface area contributed by atoms with Gasteiger partial charge in [0, 0.05) is 24.4 Å². The minimum absolute atomic E-state index is 0.596. The molecule has 0 aliphatic carbocycles. The molecule has 2 aromatic heterocycles. The van der Waals surface area contributed by atoms with Crippen LogP contribution in [0.2, 0.25) is 0 Å². The number of fused-ring (bicyclic) bond motifs is 1. The number of hydrogen-bond acceptors (Lipinski definition) is 2. The largest absolute Gasteiger partial charge is 0.316 e. The van der Waals surface area contributed by atoms with E-state index in [4.69, 9.17) is 0 Å². The van der Waals surface area contributed by atoms with Crippen LogP contribution in [0.5, 0.6) is 0 Å². The van der Waals surface area contributed by atoms with E-state index in [1.165, 1.54) is 12.1 Å². The van der Waals surface area contributed by atoms with Crippen LogP contribution in [0.3, 0.4) is 0 Å². The van der Waals surface area contributed by atoms with Gasteiger partial charge in [-0.3, -0.25) is 4.40 Å². The Labute approximate surface area is 96.6 Å². The Balaban J connectivity index is 2.18. The molecule has 1 unspecified atom stereocenters. The third-order valence-corrected chi connectivity index (χ3v) is 3.61. The Kier molecular flexibility index (Phi) is 2.25. The predicted molar refractivity (Wildman–Crippen MR) is 63.1 cm³/mol. The molecule has 0 spiro atoms. The number of rotatable bonds is 1. The highest BCUT2D eigenvalue weighted by atomic mass is 79.9. The van der Waals surface area contributed by atoms with E-state index in [9.17, 15) is 0 Å². The number of imidazole rings is 1. The molecule has 1 aliphatic heterocycles. The maximum Gasteiger partial charge on any atom is 0.137 e. The Morgan fingerprint density at radius 2 is 2.40 bits per heavy atom. The van der Waals surface area contributed by atoms with Gasteiger partial charge in [-0.05, 0) is 41.0 Å². The molecule has 0 aromatic carbocycles. The second-order valence-electron chi connectivity index (χ2n) is 3.91. The van der Waals surface area contributed by atoms with E-state index in [-0.39, 0.29) is 0 Å². The zero-order valence-electron chi connectivity index (χ0n) is 8.28. The lowest BCUT2D eigenvalue weighted by atomic mass is 10.1. The van der Waals surface area contributed by atoms with Crippen LogP contribution >= 0.6 is 15.9 Å². The first-order valence-corrected chi connectivity index (χ1v) is 5.98. The molecule has 15 heavy (non-hydrogen) atoms. The van der Waals surface area contributed by atoms with Gasteiger partial charge in [-0.25, -0.2) is 4.98 Å². The Morgan fingerprint density at radius 3 is 3.20 bits per heavy atom. The summed E-state index contributed by atoms with van der Waals surface area (Å²) in [7, 11) is 0. The van der Waals surface area contributed by atoms with E-state index >= 15 is 0 Å². The van der Waals surface area contributed by atoms with E-state index < -0.39 is 0 Å². The molecule has 0 bridgehead atoms. The average molecular weight is 266 g/mol. The van der Waals surface area contributed by atoms with Crippen LogP contribution < -0.4 is 5.32 Å². The summed E-state index contributed by atoms with van der Waals surface area (Å²) < 4.78 is 3.27. The standard InChI is InChI=1S/C11H12BrN3/c12-10-2-1-3-11-14-7-9(15(10)11)8-4-5-13-6-8/h1-3,7-8,13H,4-6H2. The van der Waals surface area contributed by atoms with E-state index in [1.807, 2.05) is 18.3 Å². The number of nitrogens with one attached hydrogen (secondary N) is 1. The quantitative estimate of drug-likeness (QED) is 0.801. The van der Waals surface area contributed by atoms with Crippen molar-refractivity contribution in [1.29, 1.82) is 0 Å². The lowest BCUT2D eigenvalue weighted by Gasteiger charge is -2.09. The van der Waals surface area contributed by atoms with Crippen LogP contribution in [-0.2, 0) is 0 Å². The summed E-state index contributed by atoms with van der Waals surface area (Å²) in [5.41, 5.74) is 2.33. The molecule has 3 heterocycles. The smallest absolute Gasteiger partial charge is 0.137 e. The van der Waals surface area contributed by atoms with Crippen molar-refractivity contribution < 1.29 is 0 Å². The van der Waals surface area contributed by atoms with Crippen molar-refractivity contribution in [1.82, 2.24) is 14.7 Å². The summed E-state index contributed by atoms with van der Waals surface area (Å²) in [6, 6.07) is 6.11. The van der Waals surface area contributed by atoms with Crippen molar-refractivity contribution in [2.45, 2.75) is 12.3 Å². The van der Waals surface area contributed by atoms with Crippen LogP contribution in [0.4, 0.5) is 0 Å². The van der Waals surface area contributed by atoms with Crippen molar-refractivity contribution in [3.8, 4) is 0 Å². The van der Waals surface area contributed by atoms with Gasteiger partial charge in [0.25, 0.3) is 0 Å². The fourth-order valence-corrected chi connectivity index (χ4v) is 2.75. The summed E-state index contributed by atoms with van der Waals surface area (Å²) in [6.07, 6.45) is 3.20. The average Bonchev–Trinajstić information content (AvgIpc) is 2.85. The fourth-order valence-electron chi connectivity index (χ4n) is 2.21. The molecular formula is C11H12BrN3. The van der Waals surface area contributed by atoms with Gasteiger partial charge in [0.15, 0.2) is 0 Å². The molecule has 1 N–H and O–H groups in total. The lowest BCUT2D eigenvalue weighted by molar-refractivity contribution is 0.723.